The molecule has 8 heteroatoms. The molecule has 0 radical (unpaired) electrons. The van der Waals surface area contributed by atoms with E-state index in [1.165, 1.54) is 5.69 Å². The van der Waals surface area contributed by atoms with Crippen LogP contribution in [0.15, 0.2) is 42.5 Å². The Morgan fingerprint density at radius 2 is 1.85 bits per heavy atom. The lowest BCUT2D eigenvalue weighted by atomic mass is 10.2. The SMILES string of the molecule is CCOC(C)N1CCN(c2cccc(-n3c(CCN(C)C)nc4cc(C(=O)O)ccc43)c2)CC1. The molecule has 1 saturated heterocycles. The minimum atomic E-state index is -0.939. The minimum Gasteiger partial charge on any atom is -0.478 e. The van der Waals surface area contributed by atoms with Crippen molar-refractivity contribution in [2.45, 2.75) is 26.5 Å². The van der Waals surface area contributed by atoms with Gasteiger partial charge < -0.3 is 19.6 Å². The van der Waals surface area contributed by atoms with Crippen LogP contribution in [0.3, 0.4) is 0 Å². The first-order valence-electron chi connectivity index (χ1n) is 12.0. The molecule has 1 atom stereocenters. The van der Waals surface area contributed by atoms with E-state index in [2.05, 4.69) is 50.5 Å². The number of rotatable bonds is 9. The maximum Gasteiger partial charge on any atom is 0.335 e. The number of hydrogen-bond donors (Lipinski definition) is 1. The molecule has 0 bridgehead atoms. The highest BCUT2D eigenvalue weighted by molar-refractivity contribution is 5.93. The number of carboxylic acids is 1. The molecule has 182 valence electrons. The molecule has 2 heterocycles. The van der Waals surface area contributed by atoms with Crippen LogP contribution in [0.25, 0.3) is 16.7 Å². The predicted octanol–water partition coefficient (Wildman–Crippen LogP) is 3.33. The largest absolute Gasteiger partial charge is 0.478 e. The average Bonchev–Trinajstić information content (AvgIpc) is 3.20. The summed E-state index contributed by atoms with van der Waals surface area (Å²) in [5.41, 5.74) is 4.11. The van der Waals surface area contributed by atoms with Crippen molar-refractivity contribution in [3.05, 3.63) is 53.9 Å². The molecule has 0 spiro atoms. The molecule has 0 saturated carbocycles. The van der Waals surface area contributed by atoms with Gasteiger partial charge in [0.25, 0.3) is 0 Å². The van der Waals surface area contributed by atoms with Gasteiger partial charge in [0, 0.05) is 57.1 Å². The lowest BCUT2D eigenvalue weighted by molar-refractivity contribution is -0.0440. The van der Waals surface area contributed by atoms with E-state index in [-0.39, 0.29) is 11.8 Å². The van der Waals surface area contributed by atoms with Crippen LogP contribution in [0.4, 0.5) is 5.69 Å². The number of aromatic nitrogens is 2. The number of anilines is 1. The van der Waals surface area contributed by atoms with E-state index in [9.17, 15) is 9.90 Å². The van der Waals surface area contributed by atoms with Gasteiger partial charge in [0.15, 0.2) is 0 Å². The Morgan fingerprint density at radius 1 is 1.12 bits per heavy atom. The number of ether oxygens (including phenoxy) is 1. The Balaban J connectivity index is 1.64. The summed E-state index contributed by atoms with van der Waals surface area (Å²) in [7, 11) is 4.09. The topological polar surface area (TPSA) is 74.1 Å². The van der Waals surface area contributed by atoms with Crippen LogP contribution < -0.4 is 4.90 Å². The van der Waals surface area contributed by atoms with Crippen LogP contribution in [0.5, 0.6) is 0 Å². The van der Waals surface area contributed by atoms with Crippen LogP contribution in [-0.2, 0) is 11.2 Å². The summed E-state index contributed by atoms with van der Waals surface area (Å²) >= 11 is 0. The zero-order valence-electron chi connectivity index (χ0n) is 20.6. The number of hydrogen-bond acceptors (Lipinski definition) is 6. The number of piperazine rings is 1. The molecule has 8 nitrogen and oxygen atoms in total. The van der Waals surface area contributed by atoms with Gasteiger partial charge in [-0.2, -0.15) is 0 Å². The molecule has 1 aromatic heterocycles. The first-order chi connectivity index (χ1) is 16.4. The molecule has 1 unspecified atom stereocenters. The van der Waals surface area contributed by atoms with Gasteiger partial charge in [-0.3, -0.25) is 9.47 Å². The number of benzene rings is 2. The fraction of sp³-hybridized carbons (Fsp3) is 0.462. The van der Waals surface area contributed by atoms with E-state index in [0.717, 1.165) is 62.8 Å². The highest BCUT2D eigenvalue weighted by Crippen LogP contribution is 2.27. The second-order valence-corrected chi connectivity index (χ2v) is 9.02. The molecule has 0 aliphatic carbocycles. The van der Waals surface area contributed by atoms with Crippen molar-refractivity contribution in [3.8, 4) is 5.69 Å². The number of nitrogens with zero attached hydrogens (tertiary/aromatic N) is 5. The highest BCUT2D eigenvalue weighted by atomic mass is 16.5. The number of fused-ring (bicyclic) bond motifs is 1. The maximum absolute atomic E-state index is 11.5. The molecule has 3 aromatic rings. The Labute approximate surface area is 201 Å². The van der Waals surface area contributed by atoms with Crippen LogP contribution in [0, 0.1) is 0 Å². The zero-order valence-corrected chi connectivity index (χ0v) is 20.6. The number of carbonyl (C=O) groups is 1. The van der Waals surface area contributed by atoms with Crippen molar-refractivity contribution in [2.75, 3.05) is 58.3 Å². The van der Waals surface area contributed by atoms with Gasteiger partial charge in [0.05, 0.1) is 16.6 Å². The van der Waals surface area contributed by atoms with Crippen molar-refractivity contribution >= 4 is 22.7 Å². The summed E-state index contributed by atoms with van der Waals surface area (Å²) in [5, 5.41) is 9.42. The molecular formula is C26H35N5O3. The van der Waals surface area contributed by atoms with E-state index in [1.54, 1.807) is 12.1 Å². The quantitative estimate of drug-likeness (QED) is 0.520. The molecular weight excluding hydrogens is 430 g/mol. The van der Waals surface area contributed by atoms with Gasteiger partial charge in [-0.05, 0) is 64.3 Å². The Hall–Kier alpha value is -2.94. The molecule has 1 fully saturated rings. The van der Waals surface area contributed by atoms with E-state index in [0.29, 0.717) is 5.52 Å². The molecule has 34 heavy (non-hydrogen) atoms. The summed E-state index contributed by atoms with van der Waals surface area (Å²) in [5.74, 6) is -0.00941. The summed E-state index contributed by atoms with van der Waals surface area (Å²) in [4.78, 5) is 23.2. The first kappa shape index (κ1) is 24.2. The van der Waals surface area contributed by atoms with Crippen LogP contribution in [0.1, 0.15) is 30.0 Å². The van der Waals surface area contributed by atoms with E-state index in [1.807, 2.05) is 27.1 Å². The lowest BCUT2D eigenvalue weighted by Crippen LogP contribution is -2.50. The van der Waals surface area contributed by atoms with Crippen LogP contribution >= 0.6 is 0 Å². The van der Waals surface area contributed by atoms with Crippen LogP contribution in [0.2, 0.25) is 0 Å². The number of aromatic carboxylic acids is 1. The Kier molecular flexibility index (Phi) is 7.50. The summed E-state index contributed by atoms with van der Waals surface area (Å²) < 4.78 is 7.93. The Morgan fingerprint density at radius 3 is 2.53 bits per heavy atom. The van der Waals surface area contributed by atoms with Crippen molar-refractivity contribution in [2.24, 2.45) is 0 Å². The average molecular weight is 466 g/mol. The summed E-state index contributed by atoms with van der Waals surface area (Å²) in [6, 6.07) is 13.7. The van der Waals surface area contributed by atoms with Gasteiger partial charge >= 0.3 is 5.97 Å². The molecule has 2 aromatic carbocycles. The third-order valence-corrected chi connectivity index (χ3v) is 6.44. The van der Waals surface area contributed by atoms with Crippen molar-refractivity contribution in [1.29, 1.82) is 0 Å². The van der Waals surface area contributed by atoms with E-state index in [4.69, 9.17) is 9.72 Å². The second kappa shape index (κ2) is 10.5. The van der Waals surface area contributed by atoms with Crippen molar-refractivity contribution in [1.82, 2.24) is 19.4 Å². The third-order valence-electron chi connectivity index (χ3n) is 6.44. The first-order valence-corrected chi connectivity index (χ1v) is 12.0. The van der Waals surface area contributed by atoms with Gasteiger partial charge in [0.1, 0.15) is 12.1 Å². The zero-order chi connectivity index (χ0) is 24.2. The third kappa shape index (κ3) is 5.24. The summed E-state index contributed by atoms with van der Waals surface area (Å²) in [6.07, 6.45) is 0.910. The molecule has 1 N–H and O–H groups in total. The fourth-order valence-corrected chi connectivity index (χ4v) is 4.56. The normalized spacial score (nSPS) is 15.9. The van der Waals surface area contributed by atoms with Gasteiger partial charge in [0.2, 0.25) is 0 Å². The molecule has 4 rings (SSSR count). The molecule has 1 aliphatic rings. The maximum atomic E-state index is 11.5. The number of imidazole rings is 1. The molecule has 1 aliphatic heterocycles. The lowest BCUT2D eigenvalue weighted by Gasteiger charge is -2.38. The number of carboxylic acid groups (broad SMARTS) is 1. The smallest absolute Gasteiger partial charge is 0.335 e. The standard InChI is InChI=1S/C26H35N5O3/c1-5-34-19(2)29-13-15-30(16-14-29)21-7-6-8-22(18-21)31-24-10-9-20(26(32)33)17-23(24)27-25(31)11-12-28(3)4/h6-10,17-19H,5,11-16H2,1-4H3,(H,32,33). The monoisotopic (exact) mass is 465 g/mol. The van der Waals surface area contributed by atoms with Crippen molar-refractivity contribution in [3.63, 3.8) is 0 Å². The van der Waals surface area contributed by atoms with Gasteiger partial charge in [-0.15, -0.1) is 0 Å². The second-order valence-electron chi connectivity index (χ2n) is 9.02. The Bertz CT molecular complexity index is 1130. The minimum absolute atomic E-state index is 0.144. The number of likely N-dealkylation sites (N-methyl/N-ethyl adjacent to an activating group) is 1. The van der Waals surface area contributed by atoms with Crippen LogP contribution in [-0.4, -0.2) is 90.1 Å². The predicted molar refractivity (Wildman–Crippen MR) is 135 cm³/mol. The highest BCUT2D eigenvalue weighted by Gasteiger charge is 2.22. The van der Waals surface area contributed by atoms with E-state index < -0.39 is 5.97 Å². The summed E-state index contributed by atoms with van der Waals surface area (Å²) in [6.45, 7) is 9.56. The van der Waals surface area contributed by atoms with E-state index >= 15 is 0 Å². The van der Waals surface area contributed by atoms with Gasteiger partial charge in [-0.1, -0.05) is 6.07 Å². The van der Waals surface area contributed by atoms with Gasteiger partial charge in [-0.25, -0.2) is 9.78 Å². The fourth-order valence-electron chi connectivity index (χ4n) is 4.56. The van der Waals surface area contributed by atoms with Crippen molar-refractivity contribution < 1.29 is 14.6 Å². The molecule has 0 amide bonds.